The van der Waals surface area contributed by atoms with Gasteiger partial charge in [0.2, 0.25) is 0 Å². The Labute approximate surface area is 292 Å². The Balaban J connectivity index is 1.04. The molecule has 5 heteroatoms. The third-order valence-electron chi connectivity index (χ3n) is 10.2. The van der Waals surface area contributed by atoms with E-state index >= 15 is 0 Å². The van der Waals surface area contributed by atoms with Gasteiger partial charge < -0.3 is 13.6 Å². The lowest BCUT2D eigenvalue weighted by molar-refractivity contribution is 0.665. The fourth-order valence-corrected chi connectivity index (χ4v) is 7.88. The van der Waals surface area contributed by atoms with Crippen LogP contribution in [0.5, 0.6) is 0 Å². The molecule has 51 heavy (non-hydrogen) atoms. The summed E-state index contributed by atoms with van der Waals surface area (Å²) in [5.74, 6) is 0. The van der Waals surface area contributed by atoms with Gasteiger partial charge in [0.1, 0.15) is 0 Å². The second-order valence-electron chi connectivity index (χ2n) is 13.1. The van der Waals surface area contributed by atoms with Crippen molar-refractivity contribution in [2.45, 2.75) is 0 Å². The van der Waals surface area contributed by atoms with Gasteiger partial charge in [0.05, 0.1) is 45.8 Å². The maximum atomic E-state index is 6.26. The van der Waals surface area contributed by atoms with E-state index in [1.165, 1.54) is 43.6 Å². The Morgan fingerprint density at radius 3 is 1.24 bits per heavy atom. The van der Waals surface area contributed by atoms with Crippen LogP contribution in [-0.4, -0.2) is 19.1 Å². The molecule has 0 radical (unpaired) electrons. The van der Waals surface area contributed by atoms with E-state index in [1.54, 1.807) is 0 Å². The summed E-state index contributed by atoms with van der Waals surface area (Å²) in [6.07, 6.45) is 3.68. The van der Waals surface area contributed by atoms with Crippen LogP contribution < -0.4 is 0 Å². The van der Waals surface area contributed by atoms with E-state index < -0.39 is 0 Å². The highest BCUT2D eigenvalue weighted by atomic mass is 16.3. The maximum Gasteiger partial charge on any atom is 0.153 e. The van der Waals surface area contributed by atoms with E-state index in [0.29, 0.717) is 0 Å². The van der Waals surface area contributed by atoms with Crippen LogP contribution in [0.1, 0.15) is 0 Å². The third-order valence-corrected chi connectivity index (χ3v) is 10.2. The highest BCUT2D eigenvalue weighted by Gasteiger charge is 2.17. The minimum Gasteiger partial charge on any atom is -0.453 e. The maximum absolute atomic E-state index is 6.26. The predicted molar refractivity (Wildman–Crippen MR) is 209 cm³/mol. The number of hydrogen-bond donors (Lipinski definition) is 0. The van der Waals surface area contributed by atoms with Crippen LogP contribution in [0.25, 0.3) is 99.4 Å². The number of pyridine rings is 2. The Hall–Kier alpha value is -6.98. The van der Waals surface area contributed by atoms with Crippen molar-refractivity contribution in [3.8, 4) is 33.9 Å². The molecule has 0 bridgehead atoms. The average molecular weight is 653 g/mol. The standard InChI is InChI=1S/C46H28N4O/c1-3-11-31(12-4-1)49-41-17-9-7-15-33(41)35-23-29(19-21-43(35)49)39-25-37-38-26-40(48-28-46(38)51-45(37)27-47-39)30-20-22-44-36(24-30)34-16-8-10-18-42(34)50(44)32-13-5-2-6-14-32/h1-28H. The summed E-state index contributed by atoms with van der Waals surface area (Å²) in [6, 6.07) is 55.9. The highest BCUT2D eigenvalue weighted by Crippen LogP contribution is 2.38. The Kier molecular flexibility index (Phi) is 5.89. The molecule has 0 aliphatic carbocycles. The normalized spacial score (nSPS) is 11.9. The Morgan fingerprint density at radius 2 is 0.765 bits per heavy atom. The molecule has 11 rings (SSSR count). The molecular weight excluding hydrogens is 625 g/mol. The fraction of sp³-hybridized carbons (Fsp3) is 0. The number of furan rings is 1. The number of benzene rings is 6. The summed E-state index contributed by atoms with van der Waals surface area (Å²) in [4.78, 5) is 9.74. The monoisotopic (exact) mass is 652 g/mol. The number of rotatable bonds is 4. The number of para-hydroxylation sites is 4. The van der Waals surface area contributed by atoms with Gasteiger partial charge in [-0.15, -0.1) is 0 Å². The van der Waals surface area contributed by atoms with E-state index in [-0.39, 0.29) is 0 Å². The zero-order chi connectivity index (χ0) is 33.5. The van der Waals surface area contributed by atoms with Crippen molar-refractivity contribution in [1.82, 2.24) is 19.1 Å². The lowest BCUT2D eigenvalue weighted by Gasteiger charge is -2.08. The molecule has 5 heterocycles. The van der Waals surface area contributed by atoms with Crippen LogP contribution in [-0.2, 0) is 0 Å². The van der Waals surface area contributed by atoms with E-state index in [0.717, 1.165) is 55.8 Å². The van der Waals surface area contributed by atoms with E-state index in [2.05, 4.69) is 167 Å². The minimum absolute atomic E-state index is 0.746. The van der Waals surface area contributed by atoms with E-state index in [9.17, 15) is 0 Å². The molecule has 0 unspecified atom stereocenters. The molecular formula is C46H28N4O. The van der Waals surface area contributed by atoms with Crippen molar-refractivity contribution in [1.29, 1.82) is 0 Å². The molecule has 0 saturated heterocycles. The van der Waals surface area contributed by atoms with Crippen molar-refractivity contribution >= 4 is 65.6 Å². The minimum atomic E-state index is 0.746. The summed E-state index contributed by atoms with van der Waals surface area (Å²) in [5.41, 5.74) is 12.4. The molecule has 238 valence electrons. The molecule has 0 atom stereocenters. The molecule has 5 aromatic heterocycles. The van der Waals surface area contributed by atoms with Gasteiger partial charge in [0.15, 0.2) is 11.2 Å². The van der Waals surface area contributed by atoms with Gasteiger partial charge in [-0.25, -0.2) is 0 Å². The lowest BCUT2D eigenvalue weighted by Crippen LogP contribution is -1.93. The second kappa shape index (κ2) is 10.8. The van der Waals surface area contributed by atoms with Crippen molar-refractivity contribution in [3.05, 3.63) is 170 Å². The van der Waals surface area contributed by atoms with Gasteiger partial charge in [-0.1, -0.05) is 84.9 Å². The van der Waals surface area contributed by atoms with Gasteiger partial charge >= 0.3 is 0 Å². The quantitative estimate of drug-likeness (QED) is 0.190. The zero-order valence-electron chi connectivity index (χ0n) is 27.4. The molecule has 0 saturated carbocycles. The van der Waals surface area contributed by atoms with Gasteiger partial charge in [-0.2, -0.15) is 0 Å². The molecule has 0 aliphatic rings. The first-order valence-corrected chi connectivity index (χ1v) is 17.1. The van der Waals surface area contributed by atoms with Crippen molar-refractivity contribution in [2.24, 2.45) is 0 Å². The van der Waals surface area contributed by atoms with Crippen LogP contribution in [0.3, 0.4) is 0 Å². The lowest BCUT2D eigenvalue weighted by atomic mass is 10.0. The van der Waals surface area contributed by atoms with E-state index in [1.807, 2.05) is 12.4 Å². The molecule has 0 N–H and O–H groups in total. The predicted octanol–water partition coefficient (Wildman–Crippen LogP) is 11.9. The SMILES string of the molecule is c1ccc(-n2c3ccccc3c3cc(-c4cc5c(cn4)oc4cnc(-c6ccc7c(c6)c6ccccc6n7-c6ccccc6)cc45)ccc32)cc1. The van der Waals surface area contributed by atoms with Crippen LogP contribution in [0.2, 0.25) is 0 Å². The zero-order valence-corrected chi connectivity index (χ0v) is 27.4. The summed E-state index contributed by atoms with van der Waals surface area (Å²) in [5, 5.41) is 6.86. The van der Waals surface area contributed by atoms with Gasteiger partial charge in [0, 0.05) is 54.8 Å². The third kappa shape index (κ3) is 4.22. The number of hydrogen-bond acceptors (Lipinski definition) is 3. The van der Waals surface area contributed by atoms with Crippen molar-refractivity contribution in [2.75, 3.05) is 0 Å². The van der Waals surface area contributed by atoms with Gasteiger partial charge in [-0.3, -0.25) is 9.97 Å². The molecule has 0 amide bonds. The number of nitrogens with zero attached hydrogens (tertiary/aromatic N) is 4. The van der Waals surface area contributed by atoms with Crippen molar-refractivity contribution < 1.29 is 4.42 Å². The summed E-state index contributed by atoms with van der Waals surface area (Å²) in [6.45, 7) is 0. The van der Waals surface area contributed by atoms with Gasteiger partial charge in [0.25, 0.3) is 0 Å². The van der Waals surface area contributed by atoms with Crippen LogP contribution in [0, 0.1) is 0 Å². The fourth-order valence-electron chi connectivity index (χ4n) is 7.88. The molecule has 0 aliphatic heterocycles. The smallest absolute Gasteiger partial charge is 0.153 e. The highest BCUT2D eigenvalue weighted by molar-refractivity contribution is 6.12. The van der Waals surface area contributed by atoms with E-state index in [4.69, 9.17) is 14.4 Å². The molecule has 11 aromatic rings. The molecule has 0 spiro atoms. The molecule has 0 fully saturated rings. The Bertz CT molecular complexity index is 2920. The van der Waals surface area contributed by atoms with Crippen LogP contribution in [0.4, 0.5) is 0 Å². The Morgan fingerprint density at radius 1 is 0.353 bits per heavy atom. The first-order chi connectivity index (χ1) is 25.3. The number of fused-ring (bicyclic) bond motifs is 9. The second-order valence-corrected chi connectivity index (χ2v) is 13.1. The van der Waals surface area contributed by atoms with Crippen LogP contribution >= 0.6 is 0 Å². The summed E-state index contributed by atoms with van der Waals surface area (Å²) < 4.78 is 10.9. The van der Waals surface area contributed by atoms with Crippen molar-refractivity contribution in [3.63, 3.8) is 0 Å². The topological polar surface area (TPSA) is 48.8 Å². The summed E-state index contributed by atoms with van der Waals surface area (Å²) in [7, 11) is 0. The largest absolute Gasteiger partial charge is 0.453 e. The molecule has 5 nitrogen and oxygen atoms in total. The molecule has 6 aromatic carbocycles. The average Bonchev–Trinajstić information content (AvgIpc) is 3.85. The number of aromatic nitrogens is 4. The first-order valence-electron chi connectivity index (χ1n) is 17.1. The van der Waals surface area contributed by atoms with Gasteiger partial charge in [-0.05, 0) is 72.8 Å². The summed E-state index contributed by atoms with van der Waals surface area (Å²) >= 11 is 0. The van der Waals surface area contributed by atoms with Crippen LogP contribution in [0.15, 0.2) is 175 Å². The first kappa shape index (κ1) is 27.9.